The minimum atomic E-state index is -0.357. The molecule has 0 spiro atoms. The van der Waals surface area contributed by atoms with Crippen molar-refractivity contribution in [3.05, 3.63) is 40.8 Å². The molecular formula is C16H17ClFN3. The third-order valence-corrected chi connectivity index (χ3v) is 4.26. The molecule has 2 aromatic rings. The van der Waals surface area contributed by atoms with E-state index >= 15 is 0 Å². The monoisotopic (exact) mass is 305 g/mol. The molecule has 0 radical (unpaired) electrons. The number of hydrogen-bond donors (Lipinski definition) is 1. The summed E-state index contributed by atoms with van der Waals surface area (Å²) in [5, 5.41) is 3.40. The molecule has 1 aromatic carbocycles. The fourth-order valence-electron chi connectivity index (χ4n) is 2.82. The van der Waals surface area contributed by atoms with Gasteiger partial charge in [-0.1, -0.05) is 24.4 Å². The molecule has 0 unspecified atom stereocenters. The van der Waals surface area contributed by atoms with Gasteiger partial charge in [-0.15, -0.1) is 0 Å². The molecule has 1 heterocycles. The number of benzene rings is 1. The van der Waals surface area contributed by atoms with Crippen molar-refractivity contribution in [2.24, 2.45) is 0 Å². The Morgan fingerprint density at radius 3 is 2.62 bits per heavy atom. The number of halogens is 2. The van der Waals surface area contributed by atoms with E-state index in [-0.39, 0.29) is 5.82 Å². The highest BCUT2D eigenvalue weighted by molar-refractivity contribution is 6.33. The van der Waals surface area contributed by atoms with E-state index in [9.17, 15) is 4.39 Å². The Kier molecular flexibility index (Phi) is 4.06. The molecular weight excluding hydrogens is 289 g/mol. The highest BCUT2D eigenvalue weighted by atomic mass is 35.5. The molecule has 3 rings (SSSR count). The topological polar surface area (TPSA) is 37.8 Å². The fourth-order valence-corrected chi connectivity index (χ4v) is 3.07. The van der Waals surface area contributed by atoms with Crippen molar-refractivity contribution >= 4 is 17.4 Å². The van der Waals surface area contributed by atoms with Crippen molar-refractivity contribution in [3.63, 3.8) is 0 Å². The first-order chi connectivity index (χ1) is 10.2. The lowest BCUT2D eigenvalue weighted by atomic mass is 10.0. The molecule has 1 aliphatic rings. The molecule has 1 saturated carbocycles. The number of hydrogen-bond acceptors (Lipinski definition) is 3. The molecule has 0 saturated heterocycles. The van der Waals surface area contributed by atoms with Gasteiger partial charge in [-0.25, -0.2) is 14.4 Å². The van der Waals surface area contributed by atoms with E-state index in [1.54, 1.807) is 6.07 Å². The van der Waals surface area contributed by atoms with Crippen LogP contribution in [0.3, 0.4) is 0 Å². The van der Waals surface area contributed by atoms with Gasteiger partial charge >= 0.3 is 0 Å². The predicted octanol–water partition coefficient (Wildman–Crippen LogP) is 4.64. The quantitative estimate of drug-likeness (QED) is 0.898. The van der Waals surface area contributed by atoms with Crippen molar-refractivity contribution in [1.82, 2.24) is 9.97 Å². The molecule has 0 amide bonds. The first kappa shape index (κ1) is 14.3. The third kappa shape index (κ3) is 3.00. The molecule has 1 N–H and O–H groups in total. The summed E-state index contributed by atoms with van der Waals surface area (Å²) in [4.78, 5) is 9.12. The Morgan fingerprint density at radius 2 is 1.95 bits per heavy atom. The fraction of sp³-hybridized carbons (Fsp3) is 0.375. The van der Waals surface area contributed by atoms with E-state index < -0.39 is 0 Å². The van der Waals surface area contributed by atoms with Gasteiger partial charge in [-0.05, 0) is 31.0 Å². The summed E-state index contributed by atoms with van der Waals surface area (Å²) in [7, 11) is 1.83. The van der Waals surface area contributed by atoms with Crippen LogP contribution in [0.4, 0.5) is 10.2 Å². The van der Waals surface area contributed by atoms with Crippen LogP contribution in [0.15, 0.2) is 24.3 Å². The Morgan fingerprint density at radius 1 is 1.19 bits per heavy atom. The van der Waals surface area contributed by atoms with E-state index in [2.05, 4.69) is 15.3 Å². The Labute approximate surface area is 128 Å². The molecule has 0 aliphatic heterocycles. The second kappa shape index (κ2) is 5.98. The minimum Gasteiger partial charge on any atom is -0.373 e. The van der Waals surface area contributed by atoms with Crippen LogP contribution in [0.25, 0.3) is 11.4 Å². The standard InChI is InChI=1S/C16H17ClFN3/c1-19-15-9-14(10-4-2-3-5-10)20-16(21-15)12-7-6-11(18)8-13(12)17/h6-10H,2-5H2,1H3,(H,19,20,21). The Balaban J connectivity index is 2.06. The van der Waals surface area contributed by atoms with E-state index in [4.69, 9.17) is 11.6 Å². The minimum absolute atomic E-state index is 0.334. The molecule has 21 heavy (non-hydrogen) atoms. The van der Waals surface area contributed by atoms with Gasteiger partial charge in [0.1, 0.15) is 11.6 Å². The van der Waals surface area contributed by atoms with Crippen LogP contribution in [0.2, 0.25) is 5.02 Å². The van der Waals surface area contributed by atoms with Crippen LogP contribution in [-0.2, 0) is 0 Å². The molecule has 110 valence electrons. The van der Waals surface area contributed by atoms with Gasteiger partial charge in [0.15, 0.2) is 5.82 Å². The lowest BCUT2D eigenvalue weighted by Crippen LogP contribution is -2.04. The molecule has 5 heteroatoms. The van der Waals surface area contributed by atoms with Crippen LogP contribution < -0.4 is 5.32 Å². The van der Waals surface area contributed by atoms with E-state index in [1.165, 1.54) is 25.0 Å². The number of anilines is 1. The molecule has 1 aromatic heterocycles. The normalized spacial score (nSPS) is 15.4. The maximum absolute atomic E-state index is 13.2. The van der Waals surface area contributed by atoms with Crippen LogP contribution >= 0.6 is 11.6 Å². The molecule has 1 fully saturated rings. The number of nitrogens with one attached hydrogen (secondary N) is 1. The zero-order chi connectivity index (χ0) is 14.8. The summed E-state index contributed by atoms with van der Waals surface area (Å²) >= 11 is 6.13. The molecule has 1 aliphatic carbocycles. The van der Waals surface area contributed by atoms with Crippen LogP contribution in [0.5, 0.6) is 0 Å². The Hall–Kier alpha value is -1.68. The summed E-state index contributed by atoms with van der Waals surface area (Å²) in [6.07, 6.45) is 4.82. The van der Waals surface area contributed by atoms with Crippen molar-refractivity contribution < 1.29 is 4.39 Å². The first-order valence-corrected chi connectivity index (χ1v) is 7.57. The van der Waals surface area contributed by atoms with Crippen molar-refractivity contribution in [3.8, 4) is 11.4 Å². The van der Waals surface area contributed by atoms with Crippen molar-refractivity contribution in [2.45, 2.75) is 31.6 Å². The highest BCUT2D eigenvalue weighted by Crippen LogP contribution is 2.35. The zero-order valence-corrected chi connectivity index (χ0v) is 12.6. The van der Waals surface area contributed by atoms with Gasteiger partial charge in [0.05, 0.1) is 5.02 Å². The van der Waals surface area contributed by atoms with E-state index in [0.29, 0.717) is 22.3 Å². The van der Waals surface area contributed by atoms with Gasteiger partial charge in [-0.3, -0.25) is 0 Å². The first-order valence-electron chi connectivity index (χ1n) is 7.19. The molecule has 0 atom stereocenters. The summed E-state index contributed by atoms with van der Waals surface area (Å²) in [6, 6.07) is 6.30. The van der Waals surface area contributed by atoms with Gasteiger partial charge in [0, 0.05) is 30.3 Å². The summed E-state index contributed by atoms with van der Waals surface area (Å²) in [5.41, 5.74) is 1.71. The van der Waals surface area contributed by atoms with Crippen molar-refractivity contribution in [1.29, 1.82) is 0 Å². The van der Waals surface area contributed by atoms with Gasteiger partial charge < -0.3 is 5.32 Å². The number of aromatic nitrogens is 2. The summed E-state index contributed by atoms with van der Waals surface area (Å²) < 4.78 is 13.2. The maximum atomic E-state index is 13.2. The lowest BCUT2D eigenvalue weighted by molar-refractivity contribution is 0.628. The van der Waals surface area contributed by atoms with Crippen LogP contribution in [0.1, 0.15) is 37.3 Å². The second-order valence-corrected chi connectivity index (χ2v) is 5.76. The zero-order valence-electron chi connectivity index (χ0n) is 11.9. The molecule has 3 nitrogen and oxygen atoms in total. The average molecular weight is 306 g/mol. The average Bonchev–Trinajstić information content (AvgIpc) is 3.01. The van der Waals surface area contributed by atoms with Crippen LogP contribution in [-0.4, -0.2) is 17.0 Å². The second-order valence-electron chi connectivity index (χ2n) is 5.36. The number of nitrogens with zero attached hydrogens (tertiary/aromatic N) is 2. The number of rotatable bonds is 3. The molecule has 0 bridgehead atoms. The highest BCUT2D eigenvalue weighted by Gasteiger charge is 2.20. The largest absolute Gasteiger partial charge is 0.373 e. The third-order valence-electron chi connectivity index (χ3n) is 3.95. The van der Waals surface area contributed by atoms with Crippen LogP contribution in [0, 0.1) is 5.82 Å². The maximum Gasteiger partial charge on any atom is 0.163 e. The van der Waals surface area contributed by atoms with Gasteiger partial charge in [-0.2, -0.15) is 0 Å². The van der Waals surface area contributed by atoms with Gasteiger partial charge in [0.25, 0.3) is 0 Å². The predicted molar refractivity (Wildman–Crippen MR) is 83.2 cm³/mol. The summed E-state index contributed by atoms with van der Waals surface area (Å²) in [5.74, 6) is 1.44. The summed E-state index contributed by atoms with van der Waals surface area (Å²) in [6.45, 7) is 0. The van der Waals surface area contributed by atoms with Gasteiger partial charge in [0.2, 0.25) is 0 Å². The van der Waals surface area contributed by atoms with E-state index in [0.717, 1.165) is 24.4 Å². The smallest absolute Gasteiger partial charge is 0.163 e. The van der Waals surface area contributed by atoms with E-state index in [1.807, 2.05) is 13.1 Å². The lowest BCUT2D eigenvalue weighted by Gasteiger charge is -2.13. The Bertz CT molecular complexity index is 654. The SMILES string of the molecule is CNc1cc(C2CCCC2)nc(-c2ccc(F)cc2Cl)n1. The van der Waals surface area contributed by atoms with Crippen molar-refractivity contribution in [2.75, 3.05) is 12.4 Å².